The molecule has 2 aliphatic rings. The molecule has 0 spiro atoms. The van der Waals surface area contributed by atoms with E-state index in [0.717, 1.165) is 5.56 Å². The van der Waals surface area contributed by atoms with Gasteiger partial charge >= 0.3 is 0 Å². The molecular formula is C25H23N3O5S. The van der Waals surface area contributed by atoms with Gasteiger partial charge in [0.2, 0.25) is 12.7 Å². The van der Waals surface area contributed by atoms with Crippen molar-refractivity contribution in [1.82, 2.24) is 9.88 Å². The monoisotopic (exact) mass is 477 g/mol. The van der Waals surface area contributed by atoms with Gasteiger partial charge in [0.1, 0.15) is 11.1 Å². The summed E-state index contributed by atoms with van der Waals surface area (Å²) in [7, 11) is 0. The van der Waals surface area contributed by atoms with E-state index in [9.17, 15) is 9.59 Å². The maximum absolute atomic E-state index is 13.3. The fourth-order valence-electron chi connectivity index (χ4n) is 3.85. The molecule has 0 radical (unpaired) electrons. The van der Waals surface area contributed by atoms with Crippen LogP contribution in [0.3, 0.4) is 0 Å². The Kier molecular flexibility index (Phi) is 6.64. The van der Waals surface area contributed by atoms with Crippen molar-refractivity contribution in [2.24, 2.45) is 0 Å². The minimum atomic E-state index is -0.205. The predicted molar refractivity (Wildman–Crippen MR) is 127 cm³/mol. The maximum Gasteiger partial charge on any atom is 0.256 e. The van der Waals surface area contributed by atoms with Crippen LogP contribution in [-0.2, 0) is 9.53 Å². The summed E-state index contributed by atoms with van der Waals surface area (Å²) in [5.74, 6) is 1.05. The van der Waals surface area contributed by atoms with Crippen LogP contribution >= 0.6 is 11.8 Å². The molecule has 0 bridgehead atoms. The molecule has 8 nitrogen and oxygen atoms in total. The molecule has 3 heterocycles. The van der Waals surface area contributed by atoms with Gasteiger partial charge in [0.15, 0.2) is 11.5 Å². The van der Waals surface area contributed by atoms with Crippen LogP contribution in [0, 0.1) is 0 Å². The maximum atomic E-state index is 13.3. The van der Waals surface area contributed by atoms with E-state index in [-0.39, 0.29) is 30.5 Å². The van der Waals surface area contributed by atoms with Gasteiger partial charge in [0.05, 0.1) is 24.5 Å². The van der Waals surface area contributed by atoms with E-state index >= 15 is 0 Å². The Morgan fingerprint density at radius 3 is 2.79 bits per heavy atom. The van der Waals surface area contributed by atoms with E-state index in [4.69, 9.17) is 14.2 Å². The van der Waals surface area contributed by atoms with Crippen molar-refractivity contribution in [2.45, 2.75) is 11.1 Å². The highest BCUT2D eigenvalue weighted by Crippen LogP contribution is 2.34. The van der Waals surface area contributed by atoms with Crippen molar-refractivity contribution in [3.63, 3.8) is 0 Å². The molecule has 1 aromatic heterocycles. The molecule has 3 aromatic rings. The highest BCUT2D eigenvalue weighted by molar-refractivity contribution is 8.00. The smallest absolute Gasteiger partial charge is 0.256 e. The van der Waals surface area contributed by atoms with E-state index in [2.05, 4.69) is 10.3 Å². The van der Waals surface area contributed by atoms with Gasteiger partial charge < -0.3 is 24.4 Å². The molecule has 1 N–H and O–H groups in total. The van der Waals surface area contributed by atoms with Gasteiger partial charge in [-0.3, -0.25) is 9.59 Å². The van der Waals surface area contributed by atoms with Crippen LogP contribution in [0.15, 0.2) is 71.9 Å². The van der Waals surface area contributed by atoms with E-state index in [0.29, 0.717) is 47.5 Å². The third-order valence-electron chi connectivity index (χ3n) is 5.52. The molecule has 2 amide bonds. The second-order valence-electron chi connectivity index (χ2n) is 7.78. The molecule has 2 aromatic carbocycles. The Balaban J connectivity index is 1.22. The zero-order chi connectivity index (χ0) is 23.3. The Morgan fingerprint density at radius 1 is 1.06 bits per heavy atom. The predicted octanol–water partition coefficient (Wildman–Crippen LogP) is 3.75. The molecule has 0 unspecified atom stereocenters. The van der Waals surface area contributed by atoms with Crippen molar-refractivity contribution >= 4 is 29.3 Å². The number of anilines is 1. The third kappa shape index (κ3) is 5.00. The number of rotatable bonds is 6. The molecule has 0 saturated carbocycles. The van der Waals surface area contributed by atoms with Gasteiger partial charge in [0.25, 0.3) is 5.91 Å². The summed E-state index contributed by atoms with van der Waals surface area (Å²) in [6.07, 6.45) is 1.46. The summed E-state index contributed by atoms with van der Waals surface area (Å²) in [6, 6.07) is 18.6. The minimum absolute atomic E-state index is 0.113. The Bertz CT molecular complexity index is 1190. The molecule has 0 aliphatic carbocycles. The van der Waals surface area contributed by atoms with Crippen molar-refractivity contribution in [3.8, 4) is 11.5 Å². The van der Waals surface area contributed by atoms with Gasteiger partial charge in [-0.05, 0) is 29.8 Å². The van der Waals surface area contributed by atoms with Crippen molar-refractivity contribution in [2.75, 3.05) is 37.6 Å². The van der Waals surface area contributed by atoms with Crippen molar-refractivity contribution < 1.29 is 23.8 Å². The van der Waals surface area contributed by atoms with Gasteiger partial charge in [-0.15, -0.1) is 0 Å². The van der Waals surface area contributed by atoms with Crippen molar-refractivity contribution in [1.29, 1.82) is 0 Å². The minimum Gasteiger partial charge on any atom is -0.454 e. The molecule has 174 valence electrons. The molecule has 1 atom stereocenters. The quantitative estimate of drug-likeness (QED) is 0.541. The fourth-order valence-corrected chi connectivity index (χ4v) is 4.63. The van der Waals surface area contributed by atoms with Crippen LogP contribution in [0.1, 0.15) is 22.0 Å². The molecule has 34 heavy (non-hydrogen) atoms. The Hall–Kier alpha value is -3.56. The summed E-state index contributed by atoms with van der Waals surface area (Å²) < 4.78 is 16.5. The summed E-state index contributed by atoms with van der Waals surface area (Å²) in [4.78, 5) is 32.0. The van der Waals surface area contributed by atoms with Crippen molar-refractivity contribution in [3.05, 3.63) is 78.0 Å². The highest BCUT2D eigenvalue weighted by atomic mass is 32.2. The van der Waals surface area contributed by atoms with E-state index in [1.807, 2.05) is 30.3 Å². The number of hydrogen-bond donors (Lipinski definition) is 1. The number of fused-ring (bicyclic) bond motifs is 1. The molecule has 2 aliphatic heterocycles. The van der Waals surface area contributed by atoms with E-state index < -0.39 is 0 Å². The SMILES string of the molecule is O=C(CSc1ncccc1C(=O)N1CCO[C@@H](c2ccccc2)C1)Nc1ccc2c(c1)OCO2. The third-order valence-corrected chi connectivity index (χ3v) is 6.53. The molecule has 9 heteroatoms. The second kappa shape index (κ2) is 10.1. The number of nitrogens with zero attached hydrogens (tertiary/aromatic N) is 2. The number of morpholine rings is 1. The van der Waals surface area contributed by atoms with Crippen LogP contribution in [-0.4, -0.2) is 53.9 Å². The highest BCUT2D eigenvalue weighted by Gasteiger charge is 2.28. The van der Waals surface area contributed by atoms with Gasteiger partial charge in [-0.25, -0.2) is 4.98 Å². The van der Waals surface area contributed by atoms with Crippen LogP contribution in [0.2, 0.25) is 0 Å². The number of aromatic nitrogens is 1. The second-order valence-corrected chi connectivity index (χ2v) is 8.75. The number of carbonyl (C=O) groups is 2. The van der Waals surface area contributed by atoms with E-state index in [1.165, 1.54) is 11.8 Å². The van der Waals surface area contributed by atoms with Crippen LogP contribution in [0.4, 0.5) is 5.69 Å². The molecule has 1 fully saturated rings. The first-order valence-corrected chi connectivity index (χ1v) is 11.9. The van der Waals surface area contributed by atoms with Gasteiger partial charge in [0, 0.05) is 24.5 Å². The summed E-state index contributed by atoms with van der Waals surface area (Å²) in [6.45, 7) is 1.61. The summed E-state index contributed by atoms with van der Waals surface area (Å²) >= 11 is 1.23. The zero-order valence-corrected chi connectivity index (χ0v) is 19.1. The van der Waals surface area contributed by atoms with Crippen LogP contribution < -0.4 is 14.8 Å². The summed E-state index contributed by atoms with van der Waals surface area (Å²) in [5, 5.41) is 3.37. The Labute approximate surface area is 201 Å². The standard InChI is InChI=1S/C25H23N3O5S/c29-23(27-18-8-9-20-21(13-18)33-16-32-20)15-34-24-19(7-4-10-26-24)25(30)28-11-12-31-22(14-28)17-5-2-1-3-6-17/h1-10,13,22H,11-12,14-16H2,(H,27,29)/t22-/m1/s1. The number of nitrogens with one attached hydrogen (secondary N) is 1. The number of benzene rings is 2. The first kappa shape index (κ1) is 22.2. The molecule has 1 saturated heterocycles. The zero-order valence-electron chi connectivity index (χ0n) is 18.3. The topological polar surface area (TPSA) is 90.0 Å². The van der Waals surface area contributed by atoms with Gasteiger partial charge in [-0.1, -0.05) is 42.1 Å². The van der Waals surface area contributed by atoms with Gasteiger partial charge in [-0.2, -0.15) is 0 Å². The van der Waals surface area contributed by atoms with Crippen LogP contribution in [0.5, 0.6) is 11.5 Å². The molecule has 5 rings (SSSR count). The average molecular weight is 478 g/mol. The lowest BCUT2D eigenvalue weighted by molar-refractivity contribution is -0.113. The lowest BCUT2D eigenvalue weighted by Gasteiger charge is -2.33. The number of amides is 2. The van der Waals surface area contributed by atoms with E-state index in [1.54, 1.807) is 41.4 Å². The molecular weight excluding hydrogens is 454 g/mol. The number of carbonyl (C=O) groups excluding carboxylic acids is 2. The summed E-state index contributed by atoms with van der Waals surface area (Å²) in [5.41, 5.74) is 2.14. The first-order valence-electron chi connectivity index (χ1n) is 10.9. The lowest BCUT2D eigenvalue weighted by atomic mass is 10.1. The lowest BCUT2D eigenvalue weighted by Crippen LogP contribution is -2.42. The Morgan fingerprint density at radius 2 is 1.91 bits per heavy atom. The first-order chi connectivity index (χ1) is 16.7. The normalized spacial score (nSPS) is 16.8. The number of pyridine rings is 1. The number of ether oxygens (including phenoxy) is 3. The average Bonchev–Trinajstić information content (AvgIpc) is 3.36. The number of hydrogen-bond acceptors (Lipinski definition) is 7. The largest absolute Gasteiger partial charge is 0.454 e. The number of thioether (sulfide) groups is 1. The van der Waals surface area contributed by atoms with Crippen LogP contribution in [0.25, 0.3) is 0 Å². The fraction of sp³-hybridized carbons (Fsp3) is 0.240.